The summed E-state index contributed by atoms with van der Waals surface area (Å²) in [4.78, 5) is 0. The Kier molecular flexibility index (Phi) is 3.94. The molecule has 0 bridgehead atoms. The normalized spacial score (nSPS) is 12.8. The summed E-state index contributed by atoms with van der Waals surface area (Å²) < 4.78 is 7.47. The summed E-state index contributed by atoms with van der Waals surface area (Å²) in [6.45, 7) is 0. The zero-order valence-electron chi connectivity index (χ0n) is 10.4. The Morgan fingerprint density at radius 2 is 1.75 bits per heavy atom. The standard InChI is InChI=1S/C15H12Br2N2O/c16-12-4-3-9-7-11(2-1-10(9)8-12)14(19-18)15-13(17)5-6-20-15/h1-8,14,19H,18H2. The molecule has 0 radical (unpaired) electrons. The molecule has 1 atom stereocenters. The van der Waals surface area contributed by atoms with Gasteiger partial charge >= 0.3 is 0 Å². The summed E-state index contributed by atoms with van der Waals surface area (Å²) in [6.07, 6.45) is 1.64. The Morgan fingerprint density at radius 3 is 2.45 bits per heavy atom. The number of nitrogens with one attached hydrogen (secondary N) is 1. The van der Waals surface area contributed by atoms with Gasteiger partial charge in [-0.1, -0.05) is 34.1 Å². The largest absolute Gasteiger partial charge is 0.466 e. The van der Waals surface area contributed by atoms with Crippen LogP contribution in [0.4, 0.5) is 0 Å². The highest BCUT2D eigenvalue weighted by Gasteiger charge is 2.18. The molecule has 5 heteroatoms. The van der Waals surface area contributed by atoms with E-state index in [1.54, 1.807) is 6.26 Å². The second-order valence-electron chi connectivity index (χ2n) is 4.48. The van der Waals surface area contributed by atoms with E-state index in [1.165, 1.54) is 5.39 Å². The molecular weight excluding hydrogens is 384 g/mol. The molecule has 0 aliphatic rings. The molecule has 3 rings (SSSR count). The van der Waals surface area contributed by atoms with E-state index in [4.69, 9.17) is 10.3 Å². The molecule has 0 fully saturated rings. The first kappa shape index (κ1) is 13.8. The quantitative estimate of drug-likeness (QED) is 0.506. The molecule has 2 aromatic carbocycles. The van der Waals surface area contributed by atoms with Crippen molar-refractivity contribution in [3.63, 3.8) is 0 Å². The van der Waals surface area contributed by atoms with Crippen LogP contribution in [0.5, 0.6) is 0 Å². The average Bonchev–Trinajstić information content (AvgIpc) is 2.86. The van der Waals surface area contributed by atoms with Gasteiger partial charge in [-0.25, -0.2) is 5.43 Å². The Bertz CT molecular complexity index is 754. The first-order chi connectivity index (χ1) is 9.69. The molecule has 0 aliphatic carbocycles. The van der Waals surface area contributed by atoms with Crippen molar-refractivity contribution >= 4 is 42.6 Å². The van der Waals surface area contributed by atoms with Gasteiger partial charge in [0.15, 0.2) is 0 Å². The first-order valence-electron chi connectivity index (χ1n) is 6.07. The SMILES string of the molecule is NNC(c1ccc2cc(Br)ccc2c1)c1occc1Br. The molecule has 3 nitrogen and oxygen atoms in total. The monoisotopic (exact) mass is 394 g/mol. The molecule has 1 unspecified atom stereocenters. The number of hydrogen-bond donors (Lipinski definition) is 2. The maximum Gasteiger partial charge on any atom is 0.140 e. The highest BCUT2D eigenvalue weighted by Crippen LogP contribution is 2.31. The van der Waals surface area contributed by atoms with Crippen LogP contribution in [0, 0.1) is 0 Å². The number of hydrazine groups is 1. The molecule has 3 aromatic rings. The van der Waals surface area contributed by atoms with Crippen LogP contribution < -0.4 is 11.3 Å². The van der Waals surface area contributed by atoms with E-state index < -0.39 is 0 Å². The van der Waals surface area contributed by atoms with Gasteiger partial charge in [-0.3, -0.25) is 5.84 Å². The third-order valence-electron chi connectivity index (χ3n) is 3.23. The molecular formula is C15H12Br2N2O. The number of fused-ring (bicyclic) bond motifs is 1. The van der Waals surface area contributed by atoms with Gasteiger partial charge < -0.3 is 4.42 Å². The number of benzene rings is 2. The van der Waals surface area contributed by atoms with Crippen molar-refractivity contribution in [1.29, 1.82) is 0 Å². The summed E-state index contributed by atoms with van der Waals surface area (Å²) in [5, 5.41) is 2.34. The Labute approximate surface area is 133 Å². The van der Waals surface area contributed by atoms with Crippen LogP contribution in [0.25, 0.3) is 10.8 Å². The minimum absolute atomic E-state index is 0.188. The van der Waals surface area contributed by atoms with Crippen LogP contribution in [0.15, 0.2) is 62.1 Å². The van der Waals surface area contributed by atoms with Gasteiger partial charge in [0.25, 0.3) is 0 Å². The van der Waals surface area contributed by atoms with Crippen LogP contribution in [-0.4, -0.2) is 0 Å². The average molecular weight is 396 g/mol. The number of furan rings is 1. The predicted octanol–water partition coefficient (Wildman–Crippen LogP) is 4.51. The van der Waals surface area contributed by atoms with Crippen LogP contribution >= 0.6 is 31.9 Å². The summed E-state index contributed by atoms with van der Waals surface area (Å²) in [6, 6.07) is 14.1. The number of hydrogen-bond acceptors (Lipinski definition) is 3. The zero-order chi connectivity index (χ0) is 14.1. The van der Waals surface area contributed by atoms with Crippen molar-refractivity contribution in [3.05, 3.63) is 69.0 Å². The van der Waals surface area contributed by atoms with Crippen molar-refractivity contribution in [2.45, 2.75) is 6.04 Å². The smallest absolute Gasteiger partial charge is 0.140 e. The van der Waals surface area contributed by atoms with Gasteiger partial charge in [0.1, 0.15) is 11.8 Å². The molecule has 20 heavy (non-hydrogen) atoms. The fourth-order valence-electron chi connectivity index (χ4n) is 2.25. The summed E-state index contributed by atoms with van der Waals surface area (Å²) in [7, 11) is 0. The molecule has 0 amide bonds. The molecule has 3 N–H and O–H groups in total. The van der Waals surface area contributed by atoms with Crippen molar-refractivity contribution < 1.29 is 4.42 Å². The first-order valence-corrected chi connectivity index (χ1v) is 7.66. The highest BCUT2D eigenvalue weighted by atomic mass is 79.9. The Hall–Kier alpha value is -1.14. The number of nitrogens with two attached hydrogens (primary N) is 1. The van der Waals surface area contributed by atoms with E-state index >= 15 is 0 Å². The van der Waals surface area contributed by atoms with E-state index in [-0.39, 0.29) is 6.04 Å². The van der Waals surface area contributed by atoms with Gasteiger partial charge in [0.2, 0.25) is 0 Å². The summed E-state index contributed by atoms with van der Waals surface area (Å²) in [5.41, 5.74) is 3.86. The number of rotatable bonds is 3. The van der Waals surface area contributed by atoms with E-state index in [9.17, 15) is 0 Å². The molecule has 0 saturated heterocycles. The lowest BCUT2D eigenvalue weighted by atomic mass is 10.0. The maximum atomic E-state index is 5.69. The lowest BCUT2D eigenvalue weighted by molar-refractivity contribution is 0.450. The van der Waals surface area contributed by atoms with Crippen LogP contribution in [0.1, 0.15) is 17.4 Å². The second-order valence-corrected chi connectivity index (χ2v) is 6.25. The Morgan fingerprint density at radius 1 is 1.00 bits per heavy atom. The minimum atomic E-state index is -0.188. The fraction of sp³-hybridized carbons (Fsp3) is 0.0667. The van der Waals surface area contributed by atoms with Crippen molar-refractivity contribution in [1.82, 2.24) is 5.43 Å². The summed E-state index contributed by atoms with van der Waals surface area (Å²) >= 11 is 6.95. The van der Waals surface area contributed by atoms with Crippen LogP contribution in [0.3, 0.4) is 0 Å². The van der Waals surface area contributed by atoms with Crippen LogP contribution in [0.2, 0.25) is 0 Å². The van der Waals surface area contributed by atoms with Gasteiger partial charge in [0, 0.05) is 4.47 Å². The van der Waals surface area contributed by atoms with Crippen molar-refractivity contribution in [2.24, 2.45) is 5.84 Å². The van der Waals surface area contributed by atoms with Crippen molar-refractivity contribution in [3.8, 4) is 0 Å². The lowest BCUT2D eigenvalue weighted by Gasteiger charge is -2.15. The van der Waals surface area contributed by atoms with E-state index in [1.807, 2.05) is 18.2 Å². The van der Waals surface area contributed by atoms with Gasteiger partial charge in [0.05, 0.1) is 10.7 Å². The fourth-order valence-corrected chi connectivity index (χ4v) is 3.06. The lowest BCUT2D eigenvalue weighted by Crippen LogP contribution is -2.28. The topological polar surface area (TPSA) is 51.2 Å². The Balaban J connectivity index is 2.08. The summed E-state index contributed by atoms with van der Waals surface area (Å²) in [5.74, 6) is 6.46. The van der Waals surface area contributed by atoms with E-state index in [2.05, 4.69) is 61.6 Å². The predicted molar refractivity (Wildman–Crippen MR) is 87.2 cm³/mol. The molecule has 0 aliphatic heterocycles. The second kappa shape index (κ2) is 5.69. The zero-order valence-corrected chi connectivity index (χ0v) is 13.6. The van der Waals surface area contributed by atoms with Crippen LogP contribution in [-0.2, 0) is 0 Å². The minimum Gasteiger partial charge on any atom is -0.466 e. The van der Waals surface area contributed by atoms with E-state index in [0.29, 0.717) is 0 Å². The molecule has 102 valence electrons. The third-order valence-corrected chi connectivity index (χ3v) is 4.38. The number of halogens is 2. The maximum absolute atomic E-state index is 5.69. The van der Waals surface area contributed by atoms with Gasteiger partial charge in [-0.2, -0.15) is 0 Å². The van der Waals surface area contributed by atoms with E-state index in [0.717, 1.165) is 25.7 Å². The van der Waals surface area contributed by atoms with Gasteiger partial charge in [-0.15, -0.1) is 0 Å². The molecule has 0 spiro atoms. The molecule has 1 aromatic heterocycles. The highest BCUT2D eigenvalue weighted by molar-refractivity contribution is 9.10. The van der Waals surface area contributed by atoms with Gasteiger partial charge in [-0.05, 0) is 56.5 Å². The van der Waals surface area contributed by atoms with Crippen molar-refractivity contribution in [2.75, 3.05) is 0 Å². The third kappa shape index (κ3) is 2.54. The molecule has 0 saturated carbocycles. The molecule has 1 heterocycles.